The lowest BCUT2D eigenvalue weighted by Gasteiger charge is -2.25. The first-order chi connectivity index (χ1) is 10.0. The third kappa shape index (κ3) is 3.54. The fourth-order valence-corrected chi connectivity index (χ4v) is 2.13. The standard InChI is InChI=1S/C13H17N5O3/c1-2-3-9-4-8(5-10(15-9)17-14)13(21)18-6-11(19)16-12(20)7-18/h4-5H,2-3,6-7,14H2,1H3,(H,15,17)(H,16,19,20). The monoisotopic (exact) mass is 291 g/mol. The van der Waals surface area contributed by atoms with E-state index in [4.69, 9.17) is 5.84 Å². The number of aromatic nitrogens is 1. The lowest BCUT2D eigenvalue weighted by molar-refractivity contribution is -0.135. The van der Waals surface area contributed by atoms with E-state index >= 15 is 0 Å². The molecular weight excluding hydrogens is 274 g/mol. The normalized spacial score (nSPS) is 14.9. The van der Waals surface area contributed by atoms with Gasteiger partial charge in [-0.2, -0.15) is 0 Å². The molecule has 4 N–H and O–H groups in total. The van der Waals surface area contributed by atoms with E-state index in [1.165, 1.54) is 11.0 Å². The Morgan fingerprint density at radius 1 is 1.38 bits per heavy atom. The van der Waals surface area contributed by atoms with Crippen LogP contribution in [-0.2, 0) is 16.0 Å². The topological polar surface area (TPSA) is 117 Å². The number of amides is 3. The van der Waals surface area contributed by atoms with Crippen molar-refractivity contribution in [3.05, 3.63) is 23.4 Å². The highest BCUT2D eigenvalue weighted by molar-refractivity contribution is 6.05. The van der Waals surface area contributed by atoms with E-state index in [-0.39, 0.29) is 13.1 Å². The largest absolute Gasteiger partial charge is 0.320 e. The molecule has 1 aromatic heterocycles. The molecule has 0 unspecified atom stereocenters. The maximum Gasteiger partial charge on any atom is 0.254 e. The van der Waals surface area contributed by atoms with Gasteiger partial charge in [-0.1, -0.05) is 13.3 Å². The van der Waals surface area contributed by atoms with Crippen LogP contribution < -0.4 is 16.6 Å². The van der Waals surface area contributed by atoms with Crippen molar-refractivity contribution in [1.29, 1.82) is 0 Å². The lowest BCUT2D eigenvalue weighted by Crippen LogP contribution is -2.53. The summed E-state index contributed by atoms with van der Waals surface area (Å²) in [6.07, 6.45) is 1.58. The fourth-order valence-electron chi connectivity index (χ4n) is 2.13. The molecule has 0 radical (unpaired) electrons. The number of hydrogen-bond donors (Lipinski definition) is 3. The summed E-state index contributed by atoms with van der Waals surface area (Å²) in [5.74, 6) is 4.36. The van der Waals surface area contributed by atoms with Crippen molar-refractivity contribution in [2.45, 2.75) is 19.8 Å². The lowest BCUT2D eigenvalue weighted by atomic mass is 10.1. The average molecular weight is 291 g/mol. The Labute approximate surface area is 121 Å². The molecule has 0 aromatic carbocycles. The number of aryl methyl sites for hydroxylation is 1. The number of pyridine rings is 1. The van der Waals surface area contributed by atoms with Crippen molar-refractivity contribution in [2.24, 2.45) is 5.84 Å². The van der Waals surface area contributed by atoms with Gasteiger partial charge in [0, 0.05) is 11.3 Å². The van der Waals surface area contributed by atoms with E-state index < -0.39 is 17.7 Å². The minimum absolute atomic E-state index is 0.138. The van der Waals surface area contributed by atoms with Gasteiger partial charge in [0.2, 0.25) is 11.8 Å². The number of nitrogen functional groups attached to an aromatic ring is 1. The number of carbonyl (C=O) groups excluding carboxylic acids is 3. The molecular formula is C13H17N5O3. The van der Waals surface area contributed by atoms with Gasteiger partial charge in [-0.05, 0) is 18.6 Å². The Bertz CT molecular complexity index is 571. The van der Waals surface area contributed by atoms with E-state index in [1.54, 1.807) is 6.07 Å². The van der Waals surface area contributed by atoms with Crippen molar-refractivity contribution in [3.63, 3.8) is 0 Å². The van der Waals surface area contributed by atoms with E-state index in [1.807, 2.05) is 6.92 Å². The van der Waals surface area contributed by atoms with Crippen LogP contribution in [0.4, 0.5) is 5.82 Å². The first-order valence-corrected chi connectivity index (χ1v) is 6.63. The van der Waals surface area contributed by atoms with Crippen LogP contribution in [0.3, 0.4) is 0 Å². The van der Waals surface area contributed by atoms with Crippen LogP contribution in [0.25, 0.3) is 0 Å². The number of imide groups is 1. The molecule has 1 aromatic rings. The van der Waals surface area contributed by atoms with E-state index in [0.717, 1.165) is 12.1 Å². The molecule has 1 aliphatic rings. The number of nitrogens with zero attached hydrogens (tertiary/aromatic N) is 2. The highest BCUT2D eigenvalue weighted by Crippen LogP contribution is 2.14. The van der Waals surface area contributed by atoms with Gasteiger partial charge in [-0.3, -0.25) is 19.7 Å². The molecule has 0 bridgehead atoms. The van der Waals surface area contributed by atoms with Gasteiger partial charge in [0.25, 0.3) is 5.91 Å². The van der Waals surface area contributed by atoms with Gasteiger partial charge in [0.1, 0.15) is 18.9 Å². The predicted octanol–water partition coefficient (Wildman–Crippen LogP) is -0.582. The Hall–Kier alpha value is -2.48. The third-order valence-electron chi connectivity index (χ3n) is 3.01. The van der Waals surface area contributed by atoms with Gasteiger partial charge >= 0.3 is 0 Å². The number of hydrazine groups is 1. The molecule has 8 nitrogen and oxygen atoms in total. The van der Waals surface area contributed by atoms with Crippen molar-refractivity contribution in [3.8, 4) is 0 Å². The molecule has 0 saturated carbocycles. The minimum Gasteiger partial charge on any atom is -0.320 e. The van der Waals surface area contributed by atoms with Gasteiger partial charge in [0.15, 0.2) is 0 Å². The summed E-state index contributed by atoms with van der Waals surface area (Å²) in [5, 5.41) is 2.15. The van der Waals surface area contributed by atoms with Gasteiger partial charge < -0.3 is 10.3 Å². The summed E-state index contributed by atoms with van der Waals surface area (Å²) in [6, 6.07) is 3.15. The number of anilines is 1. The van der Waals surface area contributed by atoms with Crippen LogP contribution in [0.1, 0.15) is 29.4 Å². The molecule has 0 spiro atoms. The zero-order chi connectivity index (χ0) is 15.4. The number of carbonyl (C=O) groups is 3. The smallest absolute Gasteiger partial charge is 0.254 e. The number of hydrogen-bond acceptors (Lipinski definition) is 6. The van der Waals surface area contributed by atoms with Crippen LogP contribution >= 0.6 is 0 Å². The quantitative estimate of drug-likeness (QED) is 0.388. The zero-order valence-electron chi connectivity index (χ0n) is 11.7. The third-order valence-corrected chi connectivity index (χ3v) is 3.01. The molecule has 8 heteroatoms. The summed E-state index contributed by atoms with van der Waals surface area (Å²) < 4.78 is 0. The molecule has 1 fully saturated rings. The summed E-state index contributed by atoms with van der Waals surface area (Å²) in [7, 11) is 0. The molecule has 2 heterocycles. The van der Waals surface area contributed by atoms with Crippen molar-refractivity contribution < 1.29 is 14.4 Å². The molecule has 3 amide bonds. The predicted molar refractivity (Wildman–Crippen MR) is 75.1 cm³/mol. The number of nitrogens with one attached hydrogen (secondary N) is 2. The van der Waals surface area contributed by atoms with Gasteiger partial charge in [-0.15, -0.1) is 0 Å². The first-order valence-electron chi connectivity index (χ1n) is 6.63. The molecule has 1 saturated heterocycles. The number of piperazine rings is 1. The second kappa shape index (κ2) is 6.31. The molecule has 112 valence electrons. The van der Waals surface area contributed by atoms with E-state index in [0.29, 0.717) is 17.8 Å². The molecule has 1 aliphatic heterocycles. The highest BCUT2D eigenvalue weighted by atomic mass is 16.2. The van der Waals surface area contributed by atoms with E-state index in [2.05, 4.69) is 15.7 Å². The number of nitrogens with two attached hydrogens (primary N) is 1. The Kier molecular flexibility index (Phi) is 4.49. The van der Waals surface area contributed by atoms with Crippen LogP contribution in [0.2, 0.25) is 0 Å². The van der Waals surface area contributed by atoms with Crippen LogP contribution in [0.5, 0.6) is 0 Å². The van der Waals surface area contributed by atoms with Crippen LogP contribution in [0, 0.1) is 0 Å². The first kappa shape index (κ1) is 14.9. The van der Waals surface area contributed by atoms with Gasteiger partial charge in [-0.25, -0.2) is 10.8 Å². The van der Waals surface area contributed by atoms with Crippen molar-refractivity contribution in [2.75, 3.05) is 18.5 Å². The SMILES string of the molecule is CCCc1cc(C(=O)N2CC(=O)NC(=O)C2)cc(NN)n1. The Morgan fingerprint density at radius 2 is 2.05 bits per heavy atom. The second-order valence-corrected chi connectivity index (χ2v) is 4.76. The number of rotatable bonds is 4. The zero-order valence-corrected chi connectivity index (χ0v) is 11.7. The maximum absolute atomic E-state index is 12.4. The van der Waals surface area contributed by atoms with Gasteiger partial charge in [0.05, 0.1) is 0 Å². The van der Waals surface area contributed by atoms with Crippen LogP contribution in [-0.4, -0.2) is 40.7 Å². The minimum atomic E-state index is -0.486. The second-order valence-electron chi connectivity index (χ2n) is 4.76. The van der Waals surface area contributed by atoms with Crippen molar-refractivity contribution >= 4 is 23.5 Å². The Balaban J connectivity index is 2.27. The summed E-state index contributed by atoms with van der Waals surface area (Å²) in [5.41, 5.74) is 3.49. The molecule has 2 rings (SSSR count). The summed E-state index contributed by atoms with van der Waals surface area (Å²) >= 11 is 0. The van der Waals surface area contributed by atoms with Crippen molar-refractivity contribution in [1.82, 2.24) is 15.2 Å². The summed E-state index contributed by atoms with van der Waals surface area (Å²) in [4.78, 5) is 40.5. The summed E-state index contributed by atoms with van der Waals surface area (Å²) in [6.45, 7) is 1.72. The van der Waals surface area contributed by atoms with E-state index in [9.17, 15) is 14.4 Å². The fraction of sp³-hybridized carbons (Fsp3) is 0.385. The average Bonchev–Trinajstić information content (AvgIpc) is 2.45. The Morgan fingerprint density at radius 3 is 2.62 bits per heavy atom. The van der Waals surface area contributed by atoms with Crippen LogP contribution in [0.15, 0.2) is 12.1 Å². The molecule has 21 heavy (non-hydrogen) atoms. The highest BCUT2D eigenvalue weighted by Gasteiger charge is 2.27. The molecule has 0 aliphatic carbocycles. The molecule has 0 atom stereocenters. The maximum atomic E-state index is 12.4.